The molecule has 0 aromatic heterocycles. The first-order chi connectivity index (χ1) is 7.71. The van der Waals surface area contributed by atoms with E-state index in [1.165, 1.54) is 0 Å². The fourth-order valence-corrected chi connectivity index (χ4v) is 3.56. The molecular formula is C11H8F6. The molecule has 1 fully saturated rings. The van der Waals surface area contributed by atoms with Gasteiger partial charge in [-0.1, -0.05) is 12.2 Å². The molecule has 0 nitrogen and oxygen atoms in total. The maximum absolute atomic E-state index is 12.7. The van der Waals surface area contributed by atoms with Gasteiger partial charge >= 0.3 is 12.4 Å². The first-order valence-corrected chi connectivity index (χ1v) is 5.28. The van der Waals surface area contributed by atoms with E-state index in [0.29, 0.717) is 6.42 Å². The smallest absolute Gasteiger partial charge is 0.166 e. The fraction of sp³-hybridized carbons (Fsp3) is 0.636. The van der Waals surface area contributed by atoms with Crippen molar-refractivity contribution in [1.29, 1.82) is 0 Å². The monoisotopic (exact) mass is 254 g/mol. The van der Waals surface area contributed by atoms with Crippen LogP contribution in [0.25, 0.3) is 0 Å². The SMILES string of the molecule is FC(F)(F)C1=C(C(F)(F)F)C2C3C=CC(C3)C12. The van der Waals surface area contributed by atoms with Crippen LogP contribution in [0.5, 0.6) is 0 Å². The molecule has 17 heavy (non-hydrogen) atoms. The second-order valence-corrected chi connectivity index (χ2v) is 4.82. The molecule has 0 N–H and O–H groups in total. The van der Waals surface area contributed by atoms with Crippen LogP contribution in [0.15, 0.2) is 23.3 Å². The molecule has 0 spiro atoms. The highest BCUT2D eigenvalue weighted by molar-refractivity contribution is 5.46. The van der Waals surface area contributed by atoms with Crippen LogP contribution in [0.4, 0.5) is 26.3 Å². The highest BCUT2D eigenvalue weighted by atomic mass is 19.4. The Balaban J connectivity index is 2.08. The molecule has 94 valence electrons. The summed E-state index contributed by atoms with van der Waals surface area (Å²) in [4.78, 5) is 0. The molecule has 0 aliphatic heterocycles. The number of hydrogen-bond donors (Lipinski definition) is 0. The van der Waals surface area contributed by atoms with Gasteiger partial charge in [0.15, 0.2) is 0 Å². The van der Waals surface area contributed by atoms with Crippen LogP contribution in [-0.2, 0) is 0 Å². The van der Waals surface area contributed by atoms with Gasteiger partial charge in [-0.25, -0.2) is 0 Å². The van der Waals surface area contributed by atoms with E-state index in [1.807, 2.05) is 0 Å². The zero-order valence-electron chi connectivity index (χ0n) is 8.44. The van der Waals surface area contributed by atoms with E-state index >= 15 is 0 Å². The molecule has 1 saturated carbocycles. The first kappa shape index (κ1) is 11.2. The second kappa shape index (κ2) is 2.90. The van der Waals surface area contributed by atoms with Crippen molar-refractivity contribution in [2.75, 3.05) is 0 Å². The number of halogens is 6. The minimum absolute atomic E-state index is 0.354. The summed E-state index contributed by atoms with van der Waals surface area (Å²) in [6, 6.07) is 0. The minimum atomic E-state index is -4.86. The molecule has 0 aromatic rings. The molecule has 0 radical (unpaired) electrons. The van der Waals surface area contributed by atoms with Crippen LogP contribution in [0.1, 0.15) is 6.42 Å². The Morgan fingerprint density at radius 2 is 1.12 bits per heavy atom. The van der Waals surface area contributed by atoms with Gasteiger partial charge in [0.1, 0.15) is 0 Å². The molecule has 3 aliphatic carbocycles. The Bertz CT molecular complexity index is 386. The Hall–Kier alpha value is -0.940. The second-order valence-electron chi connectivity index (χ2n) is 4.82. The molecule has 2 bridgehead atoms. The number of alkyl halides is 6. The van der Waals surface area contributed by atoms with E-state index in [2.05, 4.69) is 0 Å². The first-order valence-electron chi connectivity index (χ1n) is 5.28. The molecule has 3 rings (SSSR count). The Kier molecular flexibility index (Phi) is 1.90. The van der Waals surface area contributed by atoms with E-state index in [1.54, 1.807) is 12.2 Å². The van der Waals surface area contributed by atoms with Crippen molar-refractivity contribution in [2.45, 2.75) is 18.8 Å². The summed E-state index contributed by atoms with van der Waals surface area (Å²) >= 11 is 0. The van der Waals surface area contributed by atoms with Gasteiger partial charge in [0.05, 0.1) is 0 Å². The van der Waals surface area contributed by atoms with Crippen molar-refractivity contribution >= 4 is 0 Å². The predicted molar refractivity (Wildman–Crippen MR) is 46.9 cm³/mol. The van der Waals surface area contributed by atoms with Gasteiger partial charge in [-0.3, -0.25) is 0 Å². The lowest BCUT2D eigenvalue weighted by atomic mass is 9.62. The van der Waals surface area contributed by atoms with Crippen molar-refractivity contribution in [3.05, 3.63) is 23.3 Å². The van der Waals surface area contributed by atoms with Crippen molar-refractivity contribution in [3.8, 4) is 0 Å². The summed E-state index contributed by atoms with van der Waals surface area (Å²) in [6.45, 7) is 0. The third-order valence-corrected chi connectivity index (χ3v) is 4.03. The molecule has 4 unspecified atom stereocenters. The van der Waals surface area contributed by atoms with Crippen molar-refractivity contribution in [3.63, 3.8) is 0 Å². The number of fused-ring (bicyclic) bond motifs is 5. The van der Waals surface area contributed by atoms with E-state index < -0.39 is 35.3 Å². The maximum Gasteiger partial charge on any atom is 0.413 e. The molecule has 4 atom stereocenters. The summed E-state index contributed by atoms with van der Waals surface area (Å²) in [5.41, 5.74) is -2.65. The Morgan fingerprint density at radius 1 is 0.765 bits per heavy atom. The van der Waals surface area contributed by atoms with E-state index in [0.717, 1.165) is 0 Å². The lowest BCUT2D eigenvalue weighted by Gasteiger charge is -2.44. The highest BCUT2D eigenvalue weighted by Gasteiger charge is 2.66. The van der Waals surface area contributed by atoms with Crippen LogP contribution in [0, 0.1) is 23.7 Å². The van der Waals surface area contributed by atoms with E-state index in [-0.39, 0.29) is 11.8 Å². The largest absolute Gasteiger partial charge is 0.413 e. The summed E-state index contributed by atoms with van der Waals surface area (Å²) in [6.07, 6.45) is -6.03. The molecule has 6 heteroatoms. The lowest BCUT2D eigenvalue weighted by molar-refractivity contribution is -0.145. The topological polar surface area (TPSA) is 0 Å². The summed E-state index contributed by atoms with van der Waals surface area (Å²) in [5, 5.41) is 0. The van der Waals surface area contributed by atoms with Gasteiger partial charge in [-0.05, 0) is 18.3 Å². The number of rotatable bonds is 0. The summed E-state index contributed by atoms with van der Waals surface area (Å²) < 4.78 is 76.0. The molecule has 0 aromatic carbocycles. The zero-order valence-corrected chi connectivity index (χ0v) is 8.44. The third-order valence-electron chi connectivity index (χ3n) is 4.03. The number of hydrogen-bond acceptors (Lipinski definition) is 0. The molecular weight excluding hydrogens is 246 g/mol. The molecule has 3 aliphatic rings. The van der Waals surface area contributed by atoms with Crippen molar-refractivity contribution in [2.24, 2.45) is 23.7 Å². The van der Waals surface area contributed by atoms with Gasteiger partial charge in [-0.2, -0.15) is 26.3 Å². The molecule has 0 heterocycles. The van der Waals surface area contributed by atoms with Crippen LogP contribution in [0.3, 0.4) is 0 Å². The van der Waals surface area contributed by atoms with Crippen molar-refractivity contribution < 1.29 is 26.3 Å². The van der Waals surface area contributed by atoms with Gasteiger partial charge < -0.3 is 0 Å². The average molecular weight is 254 g/mol. The highest BCUT2D eigenvalue weighted by Crippen LogP contribution is 2.66. The normalized spacial score (nSPS) is 39.6. The lowest BCUT2D eigenvalue weighted by Crippen LogP contribution is -2.45. The summed E-state index contributed by atoms with van der Waals surface area (Å²) in [5.74, 6) is -2.62. The quantitative estimate of drug-likeness (QED) is 0.455. The van der Waals surface area contributed by atoms with Gasteiger partial charge in [0.25, 0.3) is 0 Å². The number of allylic oxidation sites excluding steroid dienone is 4. The van der Waals surface area contributed by atoms with Gasteiger partial charge in [0.2, 0.25) is 0 Å². The van der Waals surface area contributed by atoms with Crippen LogP contribution in [-0.4, -0.2) is 12.4 Å². The molecule has 0 amide bonds. The van der Waals surface area contributed by atoms with Gasteiger partial charge in [-0.15, -0.1) is 0 Å². The Labute approximate surface area is 93.0 Å². The van der Waals surface area contributed by atoms with Crippen LogP contribution in [0.2, 0.25) is 0 Å². The van der Waals surface area contributed by atoms with Crippen molar-refractivity contribution in [1.82, 2.24) is 0 Å². The fourth-order valence-electron chi connectivity index (χ4n) is 3.56. The van der Waals surface area contributed by atoms with E-state index in [9.17, 15) is 26.3 Å². The van der Waals surface area contributed by atoms with Crippen LogP contribution >= 0.6 is 0 Å². The maximum atomic E-state index is 12.7. The average Bonchev–Trinajstić information content (AvgIpc) is 2.53. The Morgan fingerprint density at radius 3 is 1.41 bits per heavy atom. The van der Waals surface area contributed by atoms with Crippen LogP contribution < -0.4 is 0 Å². The minimum Gasteiger partial charge on any atom is -0.166 e. The third kappa shape index (κ3) is 1.32. The predicted octanol–water partition coefficient (Wildman–Crippen LogP) is 3.86. The molecule has 0 saturated heterocycles. The zero-order chi connectivity index (χ0) is 12.6. The standard InChI is InChI=1S/C11H8F6/c12-10(13,14)8-6-4-1-2-5(3-4)7(6)9(8)11(15,16)17/h1-2,4-7H,3H2. The van der Waals surface area contributed by atoms with E-state index in [4.69, 9.17) is 0 Å². The summed E-state index contributed by atoms with van der Waals surface area (Å²) in [7, 11) is 0. The van der Waals surface area contributed by atoms with Gasteiger partial charge in [0, 0.05) is 23.0 Å².